The van der Waals surface area contributed by atoms with E-state index in [2.05, 4.69) is 25.4 Å². The van der Waals surface area contributed by atoms with Gasteiger partial charge in [-0.3, -0.25) is 9.48 Å². The number of anilines is 3. The Labute approximate surface area is 161 Å². The molecule has 2 N–H and O–H groups in total. The fraction of sp³-hybridized carbons (Fsp3) is 0.200. The Morgan fingerprint density at radius 1 is 1.29 bits per heavy atom. The van der Waals surface area contributed by atoms with Crippen molar-refractivity contribution in [2.24, 2.45) is 7.05 Å². The lowest BCUT2D eigenvalue weighted by Crippen LogP contribution is -2.23. The molecule has 140 valence electrons. The molecule has 28 heavy (non-hydrogen) atoms. The van der Waals surface area contributed by atoms with Crippen molar-refractivity contribution in [3.8, 4) is 11.3 Å². The van der Waals surface area contributed by atoms with E-state index < -0.39 is 0 Å². The van der Waals surface area contributed by atoms with Gasteiger partial charge in [0, 0.05) is 42.6 Å². The Morgan fingerprint density at radius 2 is 2.18 bits per heavy atom. The van der Waals surface area contributed by atoms with Crippen LogP contribution >= 0.6 is 0 Å². The minimum absolute atomic E-state index is 0.309. The monoisotopic (exact) mass is 373 g/mol. The van der Waals surface area contributed by atoms with Gasteiger partial charge in [0.1, 0.15) is 0 Å². The molecule has 1 fully saturated rings. The van der Waals surface area contributed by atoms with Crippen LogP contribution in [0.4, 0.5) is 17.3 Å². The molecule has 0 radical (unpaired) electrons. The predicted octanol–water partition coefficient (Wildman–Crippen LogP) is 3.23. The molecule has 8 nitrogen and oxygen atoms in total. The number of nitrogens with zero attached hydrogens (tertiary/aromatic N) is 5. The Hall–Kier alpha value is -3.68. The molecule has 1 aliphatic rings. The summed E-state index contributed by atoms with van der Waals surface area (Å²) in [4.78, 5) is 25.7. The first-order chi connectivity index (χ1) is 13.7. The number of hydrogen-bond acceptors (Lipinski definition) is 5. The maximum Gasteiger partial charge on any atom is 0.227 e. The van der Waals surface area contributed by atoms with E-state index in [1.54, 1.807) is 17.1 Å². The fourth-order valence-electron chi connectivity index (χ4n) is 3.46. The van der Waals surface area contributed by atoms with Gasteiger partial charge in [-0.25, -0.2) is 9.97 Å². The molecule has 0 atom stereocenters. The number of carbonyl (C=O) groups excluding carboxylic acids is 1. The lowest BCUT2D eigenvalue weighted by molar-refractivity contribution is -0.107. The summed E-state index contributed by atoms with van der Waals surface area (Å²) in [5, 5.41) is 8.34. The highest BCUT2D eigenvalue weighted by atomic mass is 16.1. The summed E-state index contributed by atoms with van der Waals surface area (Å²) < 4.78 is 1.72. The average Bonchev–Trinajstić information content (AvgIpc) is 3.26. The first-order valence-electron chi connectivity index (χ1n) is 9.16. The maximum atomic E-state index is 11.6. The number of nitrogens with one attached hydrogen (secondary N) is 2. The van der Waals surface area contributed by atoms with E-state index in [0.717, 1.165) is 52.8 Å². The first-order valence-corrected chi connectivity index (χ1v) is 9.16. The molecule has 1 aliphatic carbocycles. The summed E-state index contributed by atoms with van der Waals surface area (Å²) in [6.45, 7) is 0. The molecule has 1 aromatic carbocycles. The molecule has 1 amide bonds. The van der Waals surface area contributed by atoms with Gasteiger partial charge in [0.2, 0.25) is 12.4 Å². The quantitative estimate of drug-likeness (QED) is 0.506. The highest BCUT2D eigenvalue weighted by Crippen LogP contribution is 2.37. The van der Waals surface area contributed by atoms with E-state index in [9.17, 15) is 4.79 Å². The number of benzene rings is 1. The van der Waals surface area contributed by atoms with Crippen molar-refractivity contribution in [2.75, 3.05) is 10.2 Å². The molecular formula is C20H19N7O. The largest absolute Gasteiger partial charge is 0.359 e. The highest BCUT2D eigenvalue weighted by Gasteiger charge is 2.30. The number of aryl methyl sites for hydroxylation is 1. The van der Waals surface area contributed by atoms with E-state index in [0.29, 0.717) is 12.0 Å². The van der Waals surface area contributed by atoms with E-state index in [1.165, 1.54) is 0 Å². The van der Waals surface area contributed by atoms with Crippen LogP contribution in [-0.4, -0.2) is 37.2 Å². The van der Waals surface area contributed by atoms with Crippen LogP contribution in [0.15, 0.2) is 49.1 Å². The van der Waals surface area contributed by atoms with Gasteiger partial charge in [-0.05, 0) is 37.1 Å². The third-order valence-electron chi connectivity index (χ3n) is 4.93. The Bertz CT molecular complexity index is 1160. The third kappa shape index (κ3) is 2.88. The van der Waals surface area contributed by atoms with Gasteiger partial charge in [-0.15, -0.1) is 0 Å². The van der Waals surface area contributed by atoms with Crippen molar-refractivity contribution in [3.05, 3.63) is 49.1 Å². The second-order valence-corrected chi connectivity index (χ2v) is 6.94. The summed E-state index contributed by atoms with van der Waals surface area (Å²) in [7, 11) is 1.86. The van der Waals surface area contributed by atoms with Crippen LogP contribution < -0.4 is 10.2 Å². The number of aromatic nitrogens is 5. The lowest BCUT2D eigenvalue weighted by atomic mass is 10.1. The van der Waals surface area contributed by atoms with Gasteiger partial charge in [0.15, 0.2) is 0 Å². The average molecular weight is 373 g/mol. The summed E-state index contributed by atoms with van der Waals surface area (Å²) in [6, 6.07) is 8.20. The summed E-state index contributed by atoms with van der Waals surface area (Å²) in [6.07, 6.45) is 10.2. The molecule has 0 aliphatic heterocycles. The van der Waals surface area contributed by atoms with Crippen molar-refractivity contribution in [1.82, 2.24) is 24.7 Å². The SMILES string of the molecule is Cn1cc(Nc2nccc(-c3ccc(N(C=O)C4CC4)c4[nH]ccc34)n2)cn1. The predicted molar refractivity (Wildman–Crippen MR) is 107 cm³/mol. The Morgan fingerprint density at radius 3 is 2.93 bits per heavy atom. The van der Waals surface area contributed by atoms with Gasteiger partial charge in [0.05, 0.1) is 28.8 Å². The van der Waals surface area contributed by atoms with Crippen molar-refractivity contribution < 1.29 is 4.79 Å². The third-order valence-corrected chi connectivity index (χ3v) is 4.93. The van der Waals surface area contributed by atoms with Crippen LogP contribution in [0.2, 0.25) is 0 Å². The normalized spacial score (nSPS) is 13.6. The van der Waals surface area contributed by atoms with Crippen molar-refractivity contribution >= 4 is 34.6 Å². The van der Waals surface area contributed by atoms with E-state index >= 15 is 0 Å². The van der Waals surface area contributed by atoms with E-state index in [-0.39, 0.29) is 0 Å². The zero-order valence-corrected chi connectivity index (χ0v) is 15.3. The number of hydrogen-bond donors (Lipinski definition) is 2. The number of carbonyl (C=O) groups is 1. The molecule has 8 heteroatoms. The lowest BCUT2D eigenvalue weighted by Gasteiger charge is -2.18. The smallest absolute Gasteiger partial charge is 0.227 e. The van der Waals surface area contributed by atoms with Crippen molar-refractivity contribution in [1.29, 1.82) is 0 Å². The first kappa shape index (κ1) is 16.5. The van der Waals surface area contributed by atoms with Gasteiger partial charge in [-0.1, -0.05) is 0 Å². The maximum absolute atomic E-state index is 11.6. The summed E-state index contributed by atoms with van der Waals surface area (Å²) >= 11 is 0. The second-order valence-electron chi connectivity index (χ2n) is 6.94. The highest BCUT2D eigenvalue weighted by molar-refractivity contribution is 6.04. The Kier molecular flexibility index (Phi) is 3.82. The molecule has 5 rings (SSSR count). The van der Waals surface area contributed by atoms with Crippen LogP contribution in [-0.2, 0) is 11.8 Å². The molecule has 0 spiro atoms. The van der Waals surface area contributed by atoms with Gasteiger partial charge < -0.3 is 15.2 Å². The fourth-order valence-corrected chi connectivity index (χ4v) is 3.46. The van der Waals surface area contributed by atoms with Crippen LogP contribution in [0.3, 0.4) is 0 Å². The number of fused-ring (bicyclic) bond motifs is 1. The minimum Gasteiger partial charge on any atom is -0.359 e. The van der Waals surface area contributed by atoms with Crippen molar-refractivity contribution in [3.63, 3.8) is 0 Å². The van der Waals surface area contributed by atoms with Crippen LogP contribution in [0.1, 0.15) is 12.8 Å². The minimum atomic E-state index is 0.309. The van der Waals surface area contributed by atoms with Crippen LogP contribution in [0.5, 0.6) is 0 Å². The standard InChI is InChI=1S/C20H19N7O/c1-26-11-13(10-23-26)24-20-22-9-7-17(25-20)15-4-5-18(19-16(15)6-8-21-19)27(12-28)14-2-3-14/h4-12,14,21H,2-3H2,1H3,(H,22,24,25). The Balaban J connectivity index is 1.54. The molecular weight excluding hydrogens is 354 g/mol. The van der Waals surface area contributed by atoms with Crippen LogP contribution in [0.25, 0.3) is 22.2 Å². The van der Waals surface area contributed by atoms with Gasteiger partial charge >= 0.3 is 0 Å². The number of amides is 1. The number of rotatable bonds is 6. The zero-order valence-electron chi connectivity index (χ0n) is 15.3. The molecule has 0 saturated heterocycles. The molecule has 0 bridgehead atoms. The number of aromatic amines is 1. The van der Waals surface area contributed by atoms with E-state index in [1.807, 2.05) is 48.6 Å². The zero-order chi connectivity index (χ0) is 19.1. The topological polar surface area (TPSA) is 91.7 Å². The summed E-state index contributed by atoms with van der Waals surface area (Å²) in [5.41, 5.74) is 4.47. The molecule has 1 saturated carbocycles. The second kappa shape index (κ2) is 6.49. The van der Waals surface area contributed by atoms with Gasteiger partial charge in [-0.2, -0.15) is 5.10 Å². The van der Waals surface area contributed by atoms with Crippen LogP contribution in [0, 0.1) is 0 Å². The molecule has 3 heterocycles. The van der Waals surface area contributed by atoms with E-state index in [4.69, 9.17) is 0 Å². The molecule has 0 unspecified atom stereocenters. The molecule has 3 aromatic heterocycles. The van der Waals surface area contributed by atoms with Gasteiger partial charge in [0.25, 0.3) is 0 Å². The number of H-pyrrole nitrogens is 1. The summed E-state index contributed by atoms with van der Waals surface area (Å²) in [5.74, 6) is 0.505. The molecule has 4 aromatic rings. The van der Waals surface area contributed by atoms with Crippen molar-refractivity contribution in [2.45, 2.75) is 18.9 Å².